The van der Waals surface area contributed by atoms with E-state index in [9.17, 15) is 14.9 Å². The molecule has 1 aromatic carbocycles. The molecule has 0 amide bonds. The number of aromatic nitrogens is 5. The van der Waals surface area contributed by atoms with Gasteiger partial charge in [-0.15, -0.1) is 0 Å². The Morgan fingerprint density at radius 2 is 2.04 bits per heavy atom. The van der Waals surface area contributed by atoms with Crippen LogP contribution in [0, 0.1) is 10.1 Å². The molecule has 0 fully saturated rings. The lowest BCUT2D eigenvalue weighted by Crippen LogP contribution is -2.23. The quantitative estimate of drug-likeness (QED) is 0.412. The van der Waals surface area contributed by atoms with Crippen LogP contribution in [0.3, 0.4) is 0 Å². The summed E-state index contributed by atoms with van der Waals surface area (Å²) in [6.45, 7) is 0.172. The zero-order valence-corrected chi connectivity index (χ0v) is 13.4. The smallest absolute Gasteiger partial charge is 0.270 e. The zero-order valence-electron chi connectivity index (χ0n) is 13.4. The van der Waals surface area contributed by atoms with Gasteiger partial charge in [0, 0.05) is 42.4 Å². The lowest BCUT2D eigenvalue weighted by Gasteiger charge is -2.05. The minimum absolute atomic E-state index is 0.0338. The normalized spacial score (nSPS) is 10.9. The predicted molar refractivity (Wildman–Crippen MR) is 92.7 cm³/mol. The Morgan fingerprint density at radius 3 is 2.85 bits per heavy atom. The Labute approximate surface area is 146 Å². The first-order chi connectivity index (χ1) is 12.6. The highest BCUT2D eigenvalue weighted by Gasteiger charge is 2.10. The van der Waals surface area contributed by atoms with Crippen LogP contribution in [0.25, 0.3) is 17.0 Å². The molecule has 0 spiro atoms. The fraction of sp³-hybridized carbons (Fsp3) is 0.0588. The zero-order chi connectivity index (χ0) is 18.1. The van der Waals surface area contributed by atoms with Gasteiger partial charge >= 0.3 is 0 Å². The number of hydrogen-bond acceptors (Lipinski definition) is 6. The number of fused-ring (bicyclic) bond motifs is 1. The van der Waals surface area contributed by atoms with Gasteiger partial charge in [0.25, 0.3) is 11.2 Å². The number of nitro benzene ring substituents is 1. The van der Waals surface area contributed by atoms with Crippen molar-refractivity contribution in [2.75, 3.05) is 0 Å². The van der Waals surface area contributed by atoms with E-state index in [1.54, 1.807) is 41.1 Å². The molecule has 4 rings (SSSR count). The summed E-state index contributed by atoms with van der Waals surface area (Å²) in [6, 6.07) is 10.8. The summed E-state index contributed by atoms with van der Waals surface area (Å²) in [6.07, 6.45) is 5.23. The molecule has 0 bridgehead atoms. The average molecular weight is 348 g/mol. The van der Waals surface area contributed by atoms with Gasteiger partial charge in [-0.1, -0.05) is 12.1 Å². The molecule has 0 aliphatic rings. The molecule has 0 saturated carbocycles. The van der Waals surface area contributed by atoms with Crippen LogP contribution < -0.4 is 5.56 Å². The van der Waals surface area contributed by atoms with Gasteiger partial charge in [0.2, 0.25) is 5.78 Å². The number of hydrogen-bond donors (Lipinski definition) is 0. The van der Waals surface area contributed by atoms with Gasteiger partial charge in [-0.25, -0.2) is 14.6 Å². The number of nitrogens with zero attached hydrogens (tertiary/aromatic N) is 6. The molecular weight excluding hydrogens is 336 g/mol. The third kappa shape index (κ3) is 2.93. The van der Waals surface area contributed by atoms with Gasteiger partial charge in [-0.3, -0.25) is 19.3 Å². The summed E-state index contributed by atoms with van der Waals surface area (Å²) in [4.78, 5) is 31.1. The maximum Gasteiger partial charge on any atom is 0.270 e. The molecule has 26 heavy (non-hydrogen) atoms. The summed E-state index contributed by atoms with van der Waals surface area (Å²) in [7, 11) is 0. The van der Waals surface area contributed by atoms with E-state index in [1.165, 1.54) is 22.9 Å². The van der Waals surface area contributed by atoms with E-state index in [2.05, 4.69) is 15.1 Å². The van der Waals surface area contributed by atoms with Gasteiger partial charge in [0.15, 0.2) is 0 Å². The first-order valence-corrected chi connectivity index (χ1v) is 7.72. The van der Waals surface area contributed by atoms with Crippen molar-refractivity contribution in [1.82, 2.24) is 24.1 Å². The Balaban J connectivity index is 1.71. The molecule has 0 N–H and O–H groups in total. The van der Waals surface area contributed by atoms with Crippen LogP contribution >= 0.6 is 0 Å². The van der Waals surface area contributed by atoms with Gasteiger partial charge in [-0.05, 0) is 12.1 Å². The molecule has 0 unspecified atom stereocenters. The minimum Gasteiger partial charge on any atom is -0.291 e. The SMILES string of the molecule is O=c1ccc(-c2cccc([N+](=O)[O-])c2)nn1Cc1cn2cccnc2n1. The van der Waals surface area contributed by atoms with Crippen LogP contribution in [0.2, 0.25) is 0 Å². The molecule has 0 radical (unpaired) electrons. The highest BCUT2D eigenvalue weighted by Crippen LogP contribution is 2.21. The largest absolute Gasteiger partial charge is 0.291 e. The van der Waals surface area contributed by atoms with Crippen LogP contribution in [0.5, 0.6) is 0 Å². The predicted octanol–water partition coefficient (Wildman–Crippen LogP) is 1.91. The highest BCUT2D eigenvalue weighted by atomic mass is 16.6. The van der Waals surface area contributed by atoms with Gasteiger partial charge in [-0.2, -0.15) is 5.10 Å². The first-order valence-electron chi connectivity index (χ1n) is 7.72. The third-order valence-electron chi connectivity index (χ3n) is 3.82. The van der Waals surface area contributed by atoms with E-state index in [-0.39, 0.29) is 17.8 Å². The molecule has 9 nitrogen and oxygen atoms in total. The van der Waals surface area contributed by atoms with Gasteiger partial charge in [0.05, 0.1) is 22.9 Å². The molecule has 0 saturated heterocycles. The number of nitro groups is 1. The van der Waals surface area contributed by atoms with E-state index < -0.39 is 4.92 Å². The molecule has 3 aromatic heterocycles. The minimum atomic E-state index is -0.469. The molecule has 0 aliphatic carbocycles. The highest BCUT2D eigenvalue weighted by molar-refractivity contribution is 5.61. The van der Waals surface area contributed by atoms with E-state index in [0.717, 1.165) is 0 Å². The Hall–Kier alpha value is -3.88. The fourth-order valence-electron chi connectivity index (χ4n) is 2.60. The van der Waals surface area contributed by atoms with Crippen LogP contribution in [0.1, 0.15) is 5.69 Å². The lowest BCUT2D eigenvalue weighted by atomic mass is 10.1. The van der Waals surface area contributed by atoms with E-state index in [0.29, 0.717) is 22.7 Å². The van der Waals surface area contributed by atoms with Crippen LogP contribution in [0.15, 0.2) is 65.8 Å². The van der Waals surface area contributed by atoms with Gasteiger partial charge in [0.1, 0.15) is 0 Å². The standard InChI is InChI=1S/C17H12N6O3/c24-16-6-5-15(12-3-1-4-14(9-12)23(25)26)20-22(16)11-13-10-21-8-2-7-18-17(21)19-13/h1-10H,11H2. The lowest BCUT2D eigenvalue weighted by molar-refractivity contribution is -0.384. The summed E-state index contributed by atoms with van der Waals surface area (Å²) in [5.41, 5.74) is 1.34. The average Bonchev–Trinajstić information content (AvgIpc) is 3.06. The van der Waals surface area contributed by atoms with Crippen molar-refractivity contribution in [2.45, 2.75) is 6.54 Å². The van der Waals surface area contributed by atoms with E-state index in [1.807, 2.05) is 6.20 Å². The summed E-state index contributed by atoms with van der Waals surface area (Å²) in [5, 5.41) is 15.3. The van der Waals surface area contributed by atoms with Crippen molar-refractivity contribution in [1.29, 1.82) is 0 Å². The molecule has 9 heteroatoms. The molecule has 128 valence electrons. The van der Waals surface area contributed by atoms with E-state index in [4.69, 9.17) is 0 Å². The van der Waals surface area contributed by atoms with Crippen molar-refractivity contribution >= 4 is 11.5 Å². The van der Waals surface area contributed by atoms with Crippen molar-refractivity contribution in [3.8, 4) is 11.3 Å². The summed E-state index contributed by atoms with van der Waals surface area (Å²) < 4.78 is 3.03. The van der Waals surface area contributed by atoms with Crippen LogP contribution in [-0.4, -0.2) is 29.1 Å². The fourth-order valence-corrected chi connectivity index (χ4v) is 2.60. The van der Waals surface area contributed by atoms with Crippen molar-refractivity contribution in [2.24, 2.45) is 0 Å². The van der Waals surface area contributed by atoms with E-state index >= 15 is 0 Å². The number of rotatable bonds is 4. The monoisotopic (exact) mass is 348 g/mol. The molecule has 0 atom stereocenters. The third-order valence-corrected chi connectivity index (χ3v) is 3.82. The number of non-ortho nitro benzene ring substituents is 1. The first kappa shape index (κ1) is 15.6. The molecule has 3 heterocycles. The van der Waals surface area contributed by atoms with Gasteiger partial charge < -0.3 is 0 Å². The Morgan fingerprint density at radius 1 is 1.15 bits per heavy atom. The second-order valence-electron chi connectivity index (χ2n) is 5.58. The van der Waals surface area contributed by atoms with Crippen molar-refractivity contribution < 1.29 is 4.92 Å². The maximum absolute atomic E-state index is 12.1. The molecular formula is C17H12N6O3. The Bertz CT molecular complexity index is 1150. The number of benzene rings is 1. The summed E-state index contributed by atoms with van der Waals surface area (Å²) >= 11 is 0. The van der Waals surface area contributed by atoms with Crippen molar-refractivity contribution in [3.05, 3.63) is 87.2 Å². The molecule has 4 aromatic rings. The Kier molecular flexibility index (Phi) is 3.73. The summed E-state index contributed by atoms with van der Waals surface area (Å²) in [5.74, 6) is 0.533. The second-order valence-corrected chi connectivity index (χ2v) is 5.58. The maximum atomic E-state index is 12.1. The topological polar surface area (TPSA) is 108 Å². The van der Waals surface area contributed by atoms with Crippen LogP contribution in [0.4, 0.5) is 5.69 Å². The van der Waals surface area contributed by atoms with Crippen molar-refractivity contribution in [3.63, 3.8) is 0 Å². The second kappa shape index (κ2) is 6.20. The molecule has 0 aliphatic heterocycles. The number of imidazole rings is 1. The van der Waals surface area contributed by atoms with Crippen LogP contribution in [-0.2, 0) is 6.54 Å².